The summed E-state index contributed by atoms with van der Waals surface area (Å²) in [5.41, 5.74) is 0.504. The Balaban J connectivity index is 2.57. The maximum atomic E-state index is 11.0. The van der Waals surface area contributed by atoms with Gasteiger partial charge >= 0.3 is 0 Å². The largest absolute Gasteiger partial charge is 0.497 e. The molecule has 0 aliphatic carbocycles. The quantitative estimate of drug-likeness (QED) is 0.601. The molecule has 0 aromatic heterocycles. The average Bonchev–Trinajstić information content (AvgIpc) is 2.43. The zero-order chi connectivity index (χ0) is 13.0. The number of hydrogen-bond acceptors (Lipinski definition) is 4. The second-order valence-electron chi connectivity index (χ2n) is 3.74. The van der Waals surface area contributed by atoms with Crippen molar-refractivity contribution in [1.29, 1.82) is 0 Å². The molecule has 2 rings (SSSR count). The zero-order valence-electron chi connectivity index (χ0n) is 10.3. The molecule has 2 aromatic rings. The molecular formula is C14H14O4. The highest BCUT2D eigenvalue weighted by Crippen LogP contribution is 2.31. The van der Waals surface area contributed by atoms with Crippen LogP contribution in [0.15, 0.2) is 30.3 Å². The van der Waals surface area contributed by atoms with E-state index >= 15 is 0 Å². The first-order valence-corrected chi connectivity index (χ1v) is 5.48. The Morgan fingerprint density at radius 3 is 2.67 bits per heavy atom. The van der Waals surface area contributed by atoms with Crippen molar-refractivity contribution >= 4 is 17.1 Å². The topological polar surface area (TPSA) is 44.8 Å². The Kier molecular flexibility index (Phi) is 3.79. The van der Waals surface area contributed by atoms with Crippen molar-refractivity contribution in [2.24, 2.45) is 0 Å². The van der Waals surface area contributed by atoms with Crippen molar-refractivity contribution in [2.45, 2.75) is 0 Å². The van der Waals surface area contributed by atoms with Crippen molar-refractivity contribution < 1.29 is 19.0 Å². The van der Waals surface area contributed by atoms with Gasteiger partial charge in [0.25, 0.3) is 0 Å². The molecule has 0 saturated carbocycles. The molecule has 0 radical (unpaired) electrons. The van der Waals surface area contributed by atoms with Gasteiger partial charge in [0, 0.05) is 12.5 Å². The van der Waals surface area contributed by atoms with Crippen LogP contribution in [0.3, 0.4) is 0 Å². The Hall–Kier alpha value is -2.07. The molecule has 0 N–H and O–H groups in total. The molecule has 0 amide bonds. The van der Waals surface area contributed by atoms with E-state index in [1.54, 1.807) is 13.2 Å². The van der Waals surface area contributed by atoms with Gasteiger partial charge < -0.3 is 14.2 Å². The van der Waals surface area contributed by atoms with Crippen LogP contribution in [0.2, 0.25) is 0 Å². The first-order valence-electron chi connectivity index (χ1n) is 5.48. The highest BCUT2D eigenvalue weighted by Gasteiger charge is 2.09. The lowest BCUT2D eigenvalue weighted by atomic mass is 10.1. The molecule has 0 spiro atoms. The van der Waals surface area contributed by atoms with E-state index in [0.29, 0.717) is 11.3 Å². The summed E-state index contributed by atoms with van der Waals surface area (Å²) in [6, 6.07) is 9.17. The summed E-state index contributed by atoms with van der Waals surface area (Å²) >= 11 is 0. The van der Waals surface area contributed by atoms with Crippen LogP contribution in [0.4, 0.5) is 0 Å². The van der Waals surface area contributed by atoms with E-state index in [2.05, 4.69) is 0 Å². The van der Waals surface area contributed by atoms with E-state index in [-0.39, 0.29) is 6.79 Å². The number of aldehydes is 1. The maximum Gasteiger partial charge on any atom is 0.188 e. The summed E-state index contributed by atoms with van der Waals surface area (Å²) in [7, 11) is 3.15. The van der Waals surface area contributed by atoms with Gasteiger partial charge in [0.15, 0.2) is 13.1 Å². The summed E-state index contributed by atoms with van der Waals surface area (Å²) < 4.78 is 15.5. The predicted molar refractivity (Wildman–Crippen MR) is 68.4 cm³/mol. The zero-order valence-corrected chi connectivity index (χ0v) is 10.3. The van der Waals surface area contributed by atoms with Gasteiger partial charge in [0.2, 0.25) is 0 Å². The van der Waals surface area contributed by atoms with E-state index in [4.69, 9.17) is 14.2 Å². The molecule has 0 aliphatic heterocycles. The third kappa shape index (κ3) is 2.28. The van der Waals surface area contributed by atoms with Crippen LogP contribution in [-0.4, -0.2) is 27.3 Å². The number of ether oxygens (including phenoxy) is 3. The highest BCUT2D eigenvalue weighted by atomic mass is 16.7. The van der Waals surface area contributed by atoms with E-state index in [9.17, 15) is 4.79 Å². The van der Waals surface area contributed by atoms with Crippen molar-refractivity contribution in [3.05, 3.63) is 35.9 Å². The lowest BCUT2D eigenvalue weighted by molar-refractivity contribution is 0.0516. The average molecular weight is 246 g/mol. The number of hydrogen-bond donors (Lipinski definition) is 0. The van der Waals surface area contributed by atoms with Crippen molar-refractivity contribution in [1.82, 2.24) is 0 Å². The minimum Gasteiger partial charge on any atom is -0.497 e. The molecule has 0 unspecified atom stereocenters. The molecule has 94 valence electrons. The van der Waals surface area contributed by atoms with Gasteiger partial charge in [0.05, 0.1) is 12.7 Å². The van der Waals surface area contributed by atoms with Gasteiger partial charge in [-0.15, -0.1) is 0 Å². The lowest BCUT2D eigenvalue weighted by Gasteiger charge is -2.11. The molecule has 0 fully saturated rings. The van der Waals surface area contributed by atoms with Crippen LogP contribution in [-0.2, 0) is 4.74 Å². The predicted octanol–water partition coefficient (Wildman–Crippen LogP) is 2.64. The number of rotatable bonds is 5. The van der Waals surface area contributed by atoms with Crippen LogP contribution in [0.5, 0.6) is 11.5 Å². The van der Waals surface area contributed by atoms with Gasteiger partial charge in [-0.25, -0.2) is 0 Å². The maximum absolute atomic E-state index is 11.0. The third-order valence-electron chi connectivity index (χ3n) is 2.66. The van der Waals surface area contributed by atoms with Gasteiger partial charge in [0.1, 0.15) is 11.5 Å². The third-order valence-corrected chi connectivity index (χ3v) is 2.66. The molecule has 0 saturated heterocycles. The monoisotopic (exact) mass is 246 g/mol. The first kappa shape index (κ1) is 12.4. The lowest BCUT2D eigenvalue weighted by Crippen LogP contribution is -2.02. The minimum absolute atomic E-state index is 0.103. The normalized spacial score (nSPS) is 10.3. The number of benzene rings is 2. The molecule has 0 heterocycles. The molecule has 0 bridgehead atoms. The Bertz CT molecular complexity index is 563. The van der Waals surface area contributed by atoms with Crippen molar-refractivity contribution in [2.75, 3.05) is 21.0 Å². The summed E-state index contributed by atoms with van der Waals surface area (Å²) in [5, 5.41) is 1.81. The Labute approximate surface area is 105 Å². The summed E-state index contributed by atoms with van der Waals surface area (Å²) in [5.74, 6) is 1.30. The number of fused-ring (bicyclic) bond motifs is 1. The second kappa shape index (κ2) is 5.51. The standard InChI is InChI=1S/C14H14O4/c1-16-9-18-14-11(8-15)4-3-10-7-12(17-2)5-6-13(10)14/h3-8H,9H2,1-2H3. The van der Waals surface area contributed by atoms with Gasteiger partial charge in [-0.1, -0.05) is 6.07 Å². The van der Waals surface area contributed by atoms with Crippen molar-refractivity contribution in [3.8, 4) is 11.5 Å². The van der Waals surface area contributed by atoms with Crippen LogP contribution >= 0.6 is 0 Å². The molecule has 0 atom stereocenters. The highest BCUT2D eigenvalue weighted by molar-refractivity contribution is 5.96. The van der Waals surface area contributed by atoms with E-state index in [1.165, 1.54) is 7.11 Å². The Morgan fingerprint density at radius 2 is 2.00 bits per heavy atom. The number of carbonyl (C=O) groups excluding carboxylic acids is 1. The fourth-order valence-corrected chi connectivity index (χ4v) is 1.79. The molecule has 4 nitrogen and oxygen atoms in total. The molecule has 0 aliphatic rings. The molecule has 18 heavy (non-hydrogen) atoms. The van der Waals surface area contributed by atoms with Gasteiger partial charge in [-0.05, 0) is 29.7 Å². The van der Waals surface area contributed by atoms with Crippen LogP contribution in [0.1, 0.15) is 10.4 Å². The van der Waals surface area contributed by atoms with Crippen LogP contribution < -0.4 is 9.47 Å². The summed E-state index contributed by atoms with van der Waals surface area (Å²) in [4.78, 5) is 11.0. The number of carbonyl (C=O) groups is 1. The van der Waals surface area contributed by atoms with E-state index < -0.39 is 0 Å². The number of methoxy groups -OCH3 is 2. The fourth-order valence-electron chi connectivity index (χ4n) is 1.79. The first-order chi connectivity index (χ1) is 8.80. The van der Waals surface area contributed by atoms with Gasteiger partial charge in [-0.2, -0.15) is 0 Å². The van der Waals surface area contributed by atoms with Crippen LogP contribution in [0, 0.1) is 0 Å². The molecule has 4 heteroatoms. The van der Waals surface area contributed by atoms with E-state index in [1.807, 2.05) is 24.3 Å². The van der Waals surface area contributed by atoms with Gasteiger partial charge in [-0.3, -0.25) is 4.79 Å². The smallest absolute Gasteiger partial charge is 0.188 e. The molecule has 2 aromatic carbocycles. The Morgan fingerprint density at radius 1 is 1.17 bits per heavy atom. The van der Waals surface area contributed by atoms with Crippen molar-refractivity contribution in [3.63, 3.8) is 0 Å². The fraction of sp³-hybridized carbons (Fsp3) is 0.214. The second-order valence-corrected chi connectivity index (χ2v) is 3.74. The van der Waals surface area contributed by atoms with E-state index in [0.717, 1.165) is 22.8 Å². The van der Waals surface area contributed by atoms with Crippen LogP contribution in [0.25, 0.3) is 10.8 Å². The SMILES string of the molecule is COCOc1c(C=O)ccc2cc(OC)ccc12. The molecular weight excluding hydrogens is 232 g/mol. The summed E-state index contributed by atoms with van der Waals surface area (Å²) in [6.07, 6.45) is 0.772. The minimum atomic E-state index is 0.103. The summed E-state index contributed by atoms with van der Waals surface area (Å²) in [6.45, 7) is 0.103.